The summed E-state index contributed by atoms with van der Waals surface area (Å²) in [6, 6.07) is 7.73. The number of thiazole rings is 1. The van der Waals surface area contributed by atoms with Gasteiger partial charge in [0, 0.05) is 17.0 Å². The van der Waals surface area contributed by atoms with Crippen molar-refractivity contribution in [1.82, 2.24) is 20.0 Å². The molecular weight excluding hydrogens is 773 g/mol. The van der Waals surface area contributed by atoms with Crippen LogP contribution in [0.15, 0.2) is 40.9 Å². The van der Waals surface area contributed by atoms with Gasteiger partial charge in [0.05, 0.1) is 17.8 Å². The molecule has 0 spiro atoms. The third-order valence-corrected chi connectivity index (χ3v) is 8.48. The van der Waals surface area contributed by atoms with E-state index in [0.717, 1.165) is 41.3 Å². The second-order valence-electron chi connectivity index (χ2n) is 11.7. The smallest absolute Gasteiger partial charge is 0.430 e. The summed E-state index contributed by atoms with van der Waals surface area (Å²) in [7, 11) is -3.07. The van der Waals surface area contributed by atoms with E-state index >= 15 is 0 Å². The number of carbonyl (C=O) groups is 4. The van der Waals surface area contributed by atoms with E-state index in [2.05, 4.69) is 24.4 Å². The standard InChI is InChI=1S/C27H34N8O10S2.C2HF3O2/c1-15-12-19(33(4)34(15)11-5-10-28)16-6-8-17(9-7-16)43-13-20(25(38)39)44-32-21(18-14-46-26(29)30-18)23(36)31-22-24(37)35(27(22,2)3)45-47(40,41)42;3-2(4,5)1(6)7/h6-9,12,14,20,22H,5,10-11,13,28H2,1-4H3,(H4-,29,30,31,36,38,39,40,41,42);(H,6,7). The van der Waals surface area contributed by atoms with Crippen molar-refractivity contribution in [2.45, 2.75) is 57.6 Å². The molecule has 296 valence electrons. The van der Waals surface area contributed by atoms with E-state index in [1.54, 1.807) is 12.1 Å². The monoisotopic (exact) mass is 808 g/mol. The number of halogens is 3. The Morgan fingerprint density at radius 3 is 2.33 bits per heavy atom. The SMILES string of the molecule is Cc1cc(-c2ccc(OCC(ON=C(C(=O)NC3C(=O)N(OS(=O)(=O)O)C3(C)C)c3csc(N)n3)C(=O)O)cc2)[n+](C)n1CCCN.O=C([O-])C(F)(F)F. The molecule has 1 saturated heterocycles. The number of carboxylic acid groups (broad SMARTS) is 2. The number of hydroxylamine groups is 2. The number of anilines is 1. The second-order valence-corrected chi connectivity index (χ2v) is 13.6. The van der Waals surface area contributed by atoms with Gasteiger partial charge in [0.1, 0.15) is 30.1 Å². The van der Waals surface area contributed by atoms with E-state index in [1.165, 1.54) is 19.2 Å². The highest BCUT2D eigenvalue weighted by Gasteiger charge is 2.58. The van der Waals surface area contributed by atoms with Gasteiger partial charge in [-0.05, 0) is 58.0 Å². The number of aromatic nitrogens is 3. The van der Waals surface area contributed by atoms with Gasteiger partial charge in [0.15, 0.2) is 17.9 Å². The lowest BCUT2D eigenvalue weighted by Gasteiger charge is -2.50. The van der Waals surface area contributed by atoms with Crippen molar-refractivity contribution in [1.29, 1.82) is 0 Å². The van der Waals surface area contributed by atoms with Gasteiger partial charge in [-0.25, -0.2) is 9.78 Å². The normalized spacial score (nSPS) is 16.1. The number of amides is 2. The fraction of sp³-hybridized carbons (Fsp3) is 0.414. The minimum absolute atomic E-state index is 0.0609. The summed E-state index contributed by atoms with van der Waals surface area (Å²) < 4.78 is 76.8. The number of carbonyl (C=O) groups excluding carboxylic acids is 3. The molecular formula is C29H35F3N8O12S2. The molecule has 0 bridgehead atoms. The lowest BCUT2D eigenvalue weighted by molar-refractivity contribution is -0.744. The molecule has 2 unspecified atom stereocenters. The van der Waals surface area contributed by atoms with Crippen LogP contribution in [0.2, 0.25) is 0 Å². The van der Waals surface area contributed by atoms with Crippen molar-refractivity contribution in [3.63, 3.8) is 0 Å². The molecule has 1 fully saturated rings. The zero-order chi connectivity index (χ0) is 40.8. The second kappa shape index (κ2) is 17.2. The molecule has 2 aromatic heterocycles. The van der Waals surface area contributed by atoms with Gasteiger partial charge in [-0.3, -0.25) is 14.1 Å². The Bertz CT molecular complexity index is 2000. The molecule has 1 aliphatic rings. The number of aryl methyl sites for hydroxylation is 1. The maximum atomic E-state index is 13.2. The Labute approximate surface area is 308 Å². The van der Waals surface area contributed by atoms with Gasteiger partial charge in [-0.1, -0.05) is 5.16 Å². The van der Waals surface area contributed by atoms with Crippen molar-refractivity contribution in [2.24, 2.45) is 17.9 Å². The topological polar surface area (TPSA) is 295 Å². The van der Waals surface area contributed by atoms with Gasteiger partial charge in [-0.2, -0.15) is 31.3 Å². The van der Waals surface area contributed by atoms with Gasteiger partial charge < -0.3 is 41.4 Å². The zero-order valence-corrected chi connectivity index (χ0v) is 30.4. The van der Waals surface area contributed by atoms with Crippen LogP contribution in [0.5, 0.6) is 5.75 Å². The molecule has 4 rings (SSSR count). The van der Waals surface area contributed by atoms with Crippen LogP contribution in [0, 0.1) is 6.92 Å². The first-order valence-electron chi connectivity index (χ1n) is 15.3. The van der Waals surface area contributed by atoms with Crippen LogP contribution in [0.1, 0.15) is 31.7 Å². The predicted molar refractivity (Wildman–Crippen MR) is 177 cm³/mol. The molecule has 2 amide bonds. The van der Waals surface area contributed by atoms with E-state index in [-0.39, 0.29) is 10.8 Å². The molecule has 7 N–H and O–H groups in total. The number of hydrogen-bond donors (Lipinski definition) is 5. The molecule has 0 aliphatic carbocycles. The highest BCUT2D eigenvalue weighted by Crippen LogP contribution is 2.33. The van der Waals surface area contributed by atoms with Crippen LogP contribution in [0.4, 0.5) is 18.3 Å². The average Bonchev–Trinajstić information content (AvgIpc) is 3.63. The van der Waals surface area contributed by atoms with Crippen molar-refractivity contribution in [3.05, 3.63) is 47.1 Å². The summed E-state index contributed by atoms with van der Waals surface area (Å²) in [6.07, 6.45) is -6.03. The van der Waals surface area contributed by atoms with Crippen LogP contribution >= 0.6 is 11.3 Å². The number of nitrogen functional groups attached to an aromatic ring is 1. The Hall–Kier alpha value is -5.37. The van der Waals surface area contributed by atoms with Crippen LogP contribution in [0.3, 0.4) is 0 Å². The molecule has 2 atom stereocenters. The highest BCUT2D eigenvalue weighted by molar-refractivity contribution is 7.80. The number of rotatable bonds is 15. The third kappa shape index (κ3) is 10.8. The van der Waals surface area contributed by atoms with Crippen LogP contribution in [0.25, 0.3) is 11.3 Å². The van der Waals surface area contributed by atoms with Crippen LogP contribution in [-0.4, -0.2) is 99.3 Å². The minimum Gasteiger partial charge on any atom is -0.542 e. The first-order valence-corrected chi connectivity index (χ1v) is 17.5. The number of ether oxygens (including phenoxy) is 1. The molecule has 25 heteroatoms. The zero-order valence-electron chi connectivity index (χ0n) is 28.8. The Kier molecular flexibility index (Phi) is 13.7. The summed E-state index contributed by atoms with van der Waals surface area (Å²) in [5.74, 6) is -6.11. The number of nitrogens with one attached hydrogen (secondary N) is 1. The van der Waals surface area contributed by atoms with Gasteiger partial charge >= 0.3 is 22.5 Å². The van der Waals surface area contributed by atoms with Gasteiger partial charge in [0.25, 0.3) is 17.9 Å². The quantitative estimate of drug-likeness (QED) is 0.0407. The molecule has 3 heterocycles. The summed E-state index contributed by atoms with van der Waals surface area (Å²) in [5.41, 5.74) is 12.3. The number of alkyl halides is 3. The number of nitrogens with zero attached hydrogens (tertiary/aromatic N) is 5. The number of aliphatic carboxylic acids is 2. The van der Waals surface area contributed by atoms with Crippen molar-refractivity contribution < 1.29 is 74.1 Å². The van der Waals surface area contributed by atoms with E-state index in [9.17, 15) is 41.1 Å². The number of carboxylic acids is 2. The summed E-state index contributed by atoms with van der Waals surface area (Å²) in [6.45, 7) is 5.60. The summed E-state index contributed by atoms with van der Waals surface area (Å²) in [4.78, 5) is 55.7. The molecule has 54 heavy (non-hydrogen) atoms. The third-order valence-electron chi connectivity index (χ3n) is 7.47. The number of β-lactam (4-membered cyclic amide) rings is 1. The molecule has 0 radical (unpaired) electrons. The number of nitrogens with two attached hydrogens (primary N) is 2. The largest absolute Gasteiger partial charge is 0.542 e. The number of oxime groups is 1. The fourth-order valence-electron chi connectivity index (χ4n) is 4.75. The lowest BCUT2D eigenvalue weighted by Crippen LogP contribution is -2.76. The molecule has 3 aromatic rings. The highest BCUT2D eigenvalue weighted by atomic mass is 32.3. The maximum Gasteiger partial charge on any atom is 0.430 e. The van der Waals surface area contributed by atoms with Crippen molar-refractivity contribution in [2.75, 3.05) is 18.9 Å². The summed E-state index contributed by atoms with van der Waals surface area (Å²) in [5, 5.41) is 26.4. The van der Waals surface area contributed by atoms with Crippen molar-refractivity contribution >= 4 is 56.3 Å². The van der Waals surface area contributed by atoms with Gasteiger partial charge in [0.2, 0.25) is 5.69 Å². The first kappa shape index (κ1) is 43.0. The van der Waals surface area contributed by atoms with Crippen LogP contribution < -0.4 is 31.3 Å². The van der Waals surface area contributed by atoms with E-state index < -0.39 is 70.3 Å². The Morgan fingerprint density at radius 1 is 1.24 bits per heavy atom. The Balaban J connectivity index is 0.00000102. The van der Waals surface area contributed by atoms with E-state index in [4.69, 9.17) is 35.5 Å². The number of hydrogen-bond acceptors (Lipinski definition) is 15. The van der Waals surface area contributed by atoms with Crippen LogP contribution in [-0.2, 0) is 52.3 Å². The predicted octanol–water partition coefficient (Wildman–Crippen LogP) is -0.933. The Morgan fingerprint density at radius 2 is 1.85 bits per heavy atom. The number of benzene rings is 1. The van der Waals surface area contributed by atoms with Crippen molar-refractivity contribution in [3.8, 4) is 17.0 Å². The summed E-state index contributed by atoms with van der Waals surface area (Å²) >= 11 is 0.961. The average molecular weight is 809 g/mol. The fourth-order valence-corrected chi connectivity index (χ4v) is 5.75. The molecule has 1 aromatic carbocycles. The minimum atomic E-state index is -5.19. The molecule has 1 aliphatic heterocycles. The van der Waals surface area contributed by atoms with E-state index in [1.807, 2.05) is 36.9 Å². The van der Waals surface area contributed by atoms with Gasteiger partial charge in [-0.15, -0.1) is 20.3 Å². The lowest BCUT2D eigenvalue weighted by atomic mass is 9.84. The van der Waals surface area contributed by atoms with E-state index in [0.29, 0.717) is 17.4 Å². The molecule has 0 saturated carbocycles. The first-order chi connectivity index (χ1) is 25.0. The maximum absolute atomic E-state index is 13.2. The molecule has 20 nitrogen and oxygen atoms in total.